The zero-order chi connectivity index (χ0) is 13.7. The average molecular weight is 277 g/mol. The second-order valence-electron chi connectivity index (χ2n) is 5.01. The molecule has 0 saturated carbocycles. The highest BCUT2D eigenvalue weighted by molar-refractivity contribution is 7.14. The molecule has 1 aromatic rings. The van der Waals surface area contributed by atoms with Gasteiger partial charge in [0.15, 0.2) is 0 Å². The van der Waals surface area contributed by atoms with Crippen molar-refractivity contribution < 1.29 is 4.79 Å². The third-order valence-electron chi connectivity index (χ3n) is 3.78. The van der Waals surface area contributed by atoms with Crippen molar-refractivity contribution >= 4 is 22.2 Å². The maximum atomic E-state index is 12.6. The largest absolute Gasteiger partial charge is 0.317 e. The molecule has 2 rings (SSSR count). The molecule has 1 saturated heterocycles. The lowest BCUT2D eigenvalue weighted by Crippen LogP contribution is -2.44. The third kappa shape index (κ3) is 2.96. The summed E-state index contributed by atoms with van der Waals surface area (Å²) in [5.74, 6) is 0.0785. The minimum absolute atomic E-state index is 0.0785. The van der Waals surface area contributed by atoms with E-state index < -0.39 is 0 Å². The molecule has 0 unspecified atom stereocenters. The summed E-state index contributed by atoms with van der Waals surface area (Å²) in [6.45, 7) is 3.90. The Labute approximate surface area is 117 Å². The molecule has 1 aromatic heterocycles. The Hall–Kier alpha value is -1.38. The topological polar surface area (TPSA) is 64.9 Å². The second kappa shape index (κ2) is 6.18. The van der Waals surface area contributed by atoms with E-state index in [-0.39, 0.29) is 11.3 Å². The van der Waals surface area contributed by atoms with Crippen LogP contribution < -0.4 is 10.6 Å². The predicted molar refractivity (Wildman–Crippen MR) is 77.1 cm³/mol. The minimum atomic E-state index is -0.267. The van der Waals surface area contributed by atoms with Crippen molar-refractivity contribution in [2.75, 3.05) is 18.4 Å². The van der Waals surface area contributed by atoms with Crippen LogP contribution in [-0.2, 0) is 4.79 Å². The molecular formula is C14H19N3OS. The SMILES string of the molecule is CCCC1(C(=O)Nc2sccc2C#N)CCNCC1. The molecule has 1 aliphatic rings. The molecule has 0 spiro atoms. The number of anilines is 1. The maximum Gasteiger partial charge on any atom is 0.231 e. The van der Waals surface area contributed by atoms with Crippen LogP contribution in [0.2, 0.25) is 0 Å². The number of nitrogens with one attached hydrogen (secondary N) is 2. The smallest absolute Gasteiger partial charge is 0.231 e. The van der Waals surface area contributed by atoms with Crippen molar-refractivity contribution in [3.8, 4) is 6.07 Å². The summed E-state index contributed by atoms with van der Waals surface area (Å²) in [4.78, 5) is 12.6. The van der Waals surface area contributed by atoms with Gasteiger partial charge in [0.1, 0.15) is 11.1 Å². The van der Waals surface area contributed by atoms with Gasteiger partial charge in [-0.3, -0.25) is 4.79 Å². The van der Waals surface area contributed by atoms with Gasteiger partial charge in [-0.25, -0.2) is 0 Å². The molecule has 0 radical (unpaired) electrons. The highest BCUT2D eigenvalue weighted by Gasteiger charge is 2.38. The fourth-order valence-electron chi connectivity index (χ4n) is 2.70. The standard InChI is InChI=1S/C14H19N3OS/c1-2-4-14(5-7-16-8-6-14)13(18)17-12-11(10-15)3-9-19-12/h3,9,16H,2,4-8H2,1H3,(H,17,18). The van der Waals surface area contributed by atoms with Crippen LogP contribution in [0, 0.1) is 16.7 Å². The Kier molecular flexibility index (Phi) is 4.56. The molecular weight excluding hydrogens is 258 g/mol. The summed E-state index contributed by atoms with van der Waals surface area (Å²) in [6, 6.07) is 3.86. The van der Waals surface area contributed by atoms with Gasteiger partial charge in [0.25, 0.3) is 0 Å². The van der Waals surface area contributed by atoms with Gasteiger partial charge in [-0.2, -0.15) is 5.26 Å². The van der Waals surface area contributed by atoms with Crippen molar-refractivity contribution in [1.82, 2.24) is 5.32 Å². The van der Waals surface area contributed by atoms with Crippen LogP contribution >= 0.6 is 11.3 Å². The molecule has 1 fully saturated rings. The average Bonchev–Trinajstić information content (AvgIpc) is 2.87. The summed E-state index contributed by atoms with van der Waals surface area (Å²) in [5, 5.41) is 17.8. The number of carbonyl (C=O) groups excluding carboxylic acids is 1. The van der Waals surface area contributed by atoms with Crippen LogP contribution in [0.4, 0.5) is 5.00 Å². The number of amides is 1. The lowest BCUT2D eigenvalue weighted by atomic mass is 9.74. The van der Waals surface area contributed by atoms with Crippen molar-refractivity contribution in [3.63, 3.8) is 0 Å². The Bertz CT molecular complexity index is 478. The molecule has 19 heavy (non-hydrogen) atoms. The van der Waals surface area contributed by atoms with Crippen LogP contribution in [0.25, 0.3) is 0 Å². The molecule has 0 aromatic carbocycles. The number of nitriles is 1. The van der Waals surface area contributed by atoms with Gasteiger partial charge in [-0.15, -0.1) is 11.3 Å². The summed E-state index contributed by atoms with van der Waals surface area (Å²) < 4.78 is 0. The van der Waals surface area contributed by atoms with Crippen LogP contribution in [0.3, 0.4) is 0 Å². The summed E-state index contributed by atoms with van der Waals surface area (Å²) in [6.07, 6.45) is 3.66. The minimum Gasteiger partial charge on any atom is -0.317 e. The van der Waals surface area contributed by atoms with Gasteiger partial charge in [0.05, 0.1) is 11.0 Å². The number of rotatable bonds is 4. The molecule has 0 aliphatic carbocycles. The number of thiophene rings is 1. The van der Waals surface area contributed by atoms with Gasteiger partial charge >= 0.3 is 0 Å². The van der Waals surface area contributed by atoms with Crippen LogP contribution in [-0.4, -0.2) is 19.0 Å². The predicted octanol–water partition coefficient (Wildman–Crippen LogP) is 2.73. The van der Waals surface area contributed by atoms with Crippen molar-refractivity contribution in [2.45, 2.75) is 32.6 Å². The van der Waals surface area contributed by atoms with E-state index in [4.69, 9.17) is 5.26 Å². The quantitative estimate of drug-likeness (QED) is 0.889. The number of nitrogens with zero attached hydrogens (tertiary/aromatic N) is 1. The molecule has 102 valence electrons. The first-order valence-corrected chi connectivity index (χ1v) is 7.59. The molecule has 2 heterocycles. The summed E-state index contributed by atoms with van der Waals surface area (Å²) in [5.41, 5.74) is 0.287. The maximum absolute atomic E-state index is 12.6. The summed E-state index contributed by atoms with van der Waals surface area (Å²) in [7, 11) is 0. The van der Waals surface area contributed by atoms with Crippen LogP contribution in [0.1, 0.15) is 38.2 Å². The zero-order valence-electron chi connectivity index (χ0n) is 11.2. The highest BCUT2D eigenvalue weighted by atomic mass is 32.1. The van der Waals surface area contributed by atoms with Gasteiger partial charge in [0.2, 0.25) is 5.91 Å². The molecule has 1 aliphatic heterocycles. The molecule has 1 amide bonds. The van der Waals surface area contributed by atoms with Gasteiger partial charge in [-0.1, -0.05) is 13.3 Å². The number of piperidine rings is 1. The summed E-state index contributed by atoms with van der Waals surface area (Å²) >= 11 is 1.41. The molecule has 5 heteroatoms. The Morgan fingerprint density at radius 2 is 2.32 bits per heavy atom. The molecule has 4 nitrogen and oxygen atoms in total. The lowest BCUT2D eigenvalue weighted by Gasteiger charge is -2.36. The molecule has 0 atom stereocenters. The molecule has 2 N–H and O–H groups in total. The fourth-order valence-corrected chi connectivity index (χ4v) is 3.44. The number of hydrogen-bond donors (Lipinski definition) is 2. The van der Waals surface area contributed by atoms with E-state index in [1.807, 2.05) is 5.38 Å². The lowest BCUT2D eigenvalue weighted by molar-refractivity contribution is -0.127. The first kappa shape index (κ1) is 14.0. The van der Waals surface area contributed by atoms with E-state index in [0.29, 0.717) is 10.6 Å². The van der Waals surface area contributed by atoms with E-state index in [0.717, 1.165) is 38.8 Å². The Balaban J connectivity index is 2.14. The van der Waals surface area contributed by atoms with E-state index in [2.05, 4.69) is 23.6 Å². The first-order valence-electron chi connectivity index (χ1n) is 6.71. The van der Waals surface area contributed by atoms with E-state index in [1.165, 1.54) is 11.3 Å². The van der Waals surface area contributed by atoms with Crippen LogP contribution in [0.15, 0.2) is 11.4 Å². The monoisotopic (exact) mass is 277 g/mol. The van der Waals surface area contributed by atoms with Crippen molar-refractivity contribution in [1.29, 1.82) is 5.26 Å². The van der Waals surface area contributed by atoms with Gasteiger partial charge < -0.3 is 10.6 Å². The van der Waals surface area contributed by atoms with Gasteiger partial charge in [-0.05, 0) is 43.8 Å². The van der Waals surface area contributed by atoms with E-state index in [1.54, 1.807) is 6.07 Å². The second-order valence-corrected chi connectivity index (χ2v) is 5.93. The Morgan fingerprint density at radius 3 is 2.95 bits per heavy atom. The van der Waals surface area contributed by atoms with E-state index >= 15 is 0 Å². The van der Waals surface area contributed by atoms with Crippen molar-refractivity contribution in [3.05, 3.63) is 17.0 Å². The Morgan fingerprint density at radius 1 is 1.58 bits per heavy atom. The van der Waals surface area contributed by atoms with Crippen LogP contribution in [0.5, 0.6) is 0 Å². The number of carbonyl (C=O) groups is 1. The first-order chi connectivity index (χ1) is 9.22. The zero-order valence-corrected chi connectivity index (χ0v) is 12.0. The fraction of sp³-hybridized carbons (Fsp3) is 0.571. The van der Waals surface area contributed by atoms with Gasteiger partial charge in [0, 0.05) is 0 Å². The number of hydrogen-bond acceptors (Lipinski definition) is 4. The van der Waals surface area contributed by atoms with E-state index in [9.17, 15) is 4.79 Å². The van der Waals surface area contributed by atoms with Crippen molar-refractivity contribution in [2.24, 2.45) is 5.41 Å². The highest BCUT2D eigenvalue weighted by Crippen LogP contribution is 2.36. The third-order valence-corrected chi connectivity index (χ3v) is 4.61. The normalized spacial score (nSPS) is 17.7. The molecule has 0 bridgehead atoms.